The molecule has 1 N–H and O–H groups in total. The van der Waals surface area contributed by atoms with E-state index in [4.69, 9.17) is 0 Å². The fourth-order valence-electron chi connectivity index (χ4n) is 1.16. The number of sulfonamides is 1. The number of aromatic nitrogens is 2. The standard InChI is InChI=1S/C9H7BrFN3O3S/c1-5-12-9(13-17-5)14-18(15,16)6-2-3-8(11)7(10)4-6/h2-4H,1H3,(H,13,14). The van der Waals surface area contributed by atoms with E-state index in [1.807, 2.05) is 0 Å². The monoisotopic (exact) mass is 335 g/mol. The van der Waals surface area contributed by atoms with Gasteiger partial charge >= 0.3 is 0 Å². The molecule has 2 rings (SSSR count). The number of halogens is 2. The zero-order chi connectivity index (χ0) is 13.3. The summed E-state index contributed by atoms with van der Waals surface area (Å²) in [5.41, 5.74) is 0. The van der Waals surface area contributed by atoms with Gasteiger partial charge < -0.3 is 4.52 Å². The highest BCUT2D eigenvalue weighted by Gasteiger charge is 2.18. The van der Waals surface area contributed by atoms with Gasteiger partial charge in [-0.15, -0.1) is 0 Å². The Hall–Kier alpha value is -1.48. The molecule has 0 saturated carbocycles. The minimum absolute atomic E-state index is 0.0506. The summed E-state index contributed by atoms with van der Waals surface area (Å²) in [5, 5.41) is 3.40. The van der Waals surface area contributed by atoms with Crippen molar-refractivity contribution in [3.8, 4) is 0 Å². The molecular weight excluding hydrogens is 329 g/mol. The molecule has 0 radical (unpaired) electrons. The number of hydrogen-bond donors (Lipinski definition) is 1. The van der Waals surface area contributed by atoms with Crippen LogP contribution in [0.3, 0.4) is 0 Å². The zero-order valence-corrected chi connectivity index (χ0v) is 11.4. The molecule has 96 valence electrons. The first-order valence-electron chi connectivity index (χ1n) is 4.67. The van der Waals surface area contributed by atoms with Crippen LogP contribution in [0, 0.1) is 12.7 Å². The average Bonchev–Trinajstić information content (AvgIpc) is 2.67. The van der Waals surface area contributed by atoms with Crippen molar-refractivity contribution in [1.82, 2.24) is 10.1 Å². The van der Waals surface area contributed by atoms with Gasteiger partial charge in [0.2, 0.25) is 5.89 Å². The first-order valence-corrected chi connectivity index (χ1v) is 6.94. The van der Waals surface area contributed by atoms with Crippen LogP contribution in [0.4, 0.5) is 10.3 Å². The molecule has 0 atom stereocenters. The lowest BCUT2D eigenvalue weighted by molar-refractivity contribution is 0.395. The molecule has 9 heteroatoms. The number of hydrogen-bond acceptors (Lipinski definition) is 5. The second-order valence-electron chi connectivity index (χ2n) is 3.32. The summed E-state index contributed by atoms with van der Waals surface area (Å²) in [6, 6.07) is 3.32. The number of anilines is 1. The van der Waals surface area contributed by atoms with E-state index in [1.54, 1.807) is 0 Å². The predicted molar refractivity (Wildman–Crippen MR) is 63.9 cm³/mol. The van der Waals surface area contributed by atoms with Crippen molar-refractivity contribution >= 4 is 31.9 Å². The number of benzene rings is 1. The smallest absolute Gasteiger partial charge is 0.277 e. The lowest BCUT2D eigenvalue weighted by Gasteiger charge is -2.04. The number of aryl methyl sites for hydroxylation is 1. The molecule has 0 aliphatic heterocycles. The molecule has 18 heavy (non-hydrogen) atoms. The Morgan fingerprint density at radius 1 is 1.44 bits per heavy atom. The Morgan fingerprint density at radius 2 is 2.17 bits per heavy atom. The van der Waals surface area contributed by atoms with Crippen molar-refractivity contribution in [2.75, 3.05) is 4.72 Å². The van der Waals surface area contributed by atoms with Gasteiger partial charge in [0.1, 0.15) is 5.82 Å². The first kappa shape index (κ1) is 13.0. The summed E-state index contributed by atoms with van der Waals surface area (Å²) in [4.78, 5) is 3.59. The van der Waals surface area contributed by atoms with Crippen LogP contribution >= 0.6 is 15.9 Å². The Kier molecular flexibility index (Phi) is 3.35. The number of rotatable bonds is 3. The SMILES string of the molecule is Cc1nc(NS(=O)(=O)c2ccc(F)c(Br)c2)no1. The third-order valence-corrected chi connectivity index (χ3v) is 3.89. The first-order chi connectivity index (χ1) is 8.38. The van der Waals surface area contributed by atoms with Gasteiger partial charge in [-0.25, -0.2) is 17.5 Å². The van der Waals surface area contributed by atoms with Crippen LogP contribution < -0.4 is 4.72 Å². The Bertz CT molecular complexity index is 686. The Balaban J connectivity index is 2.33. The van der Waals surface area contributed by atoms with Crippen LogP contribution in [0.1, 0.15) is 5.89 Å². The summed E-state index contributed by atoms with van der Waals surface area (Å²) < 4.78 is 43.6. The van der Waals surface area contributed by atoms with Gasteiger partial charge in [0.25, 0.3) is 16.0 Å². The van der Waals surface area contributed by atoms with Crippen LogP contribution in [0.5, 0.6) is 0 Å². The van der Waals surface area contributed by atoms with Crippen molar-refractivity contribution in [2.24, 2.45) is 0 Å². The van der Waals surface area contributed by atoms with E-state index in [0.29, 0.717) is 0 Å². The molecule has 0 saturated heterocycles. The van der Waals surface area contributed by atoms with Crippen molar-refractivity contribution in [3.05, 3.63) is 34.4 Å². The predicted octanol–water partition coefficient (Wildman–Crippen LogP) is 2.08. The summed E-state index contributed by atoms with van der Waals surface area (Å²) >= 11 is 2.91. The quantitative estimate of drug-likeness (QED) is 0.928. The zero-order valence-electron chi connectivity index (χ0n) is 9.02. The molecule has 6 nitrogen and oxygen atoms in total. The number of nitrogens with zero attached hydrogens (tertiary/aromatic N) is 2. The summed E-state index contributed by atoms with van der Waals surface area (Å²) in [5.74, 6) is -0.495. The van der Waals surface area contributed by atoms with Crippen LogP contribution in [-0.4, -0.2) is 18.6 Å². The van der Waals surface area contributed by atoms with E-state index in [2.05, 4.69) is 35.3 Å². The maximum absolute atomic E-state index is 13.0. The number of nitrogens with one attached hydrogen (secondary N) is 1. The van der Waals surface area contributed by atoms with E-state index in [1.165, 1.54) is 6.92 Å². The van der Waals surface area contributed by atoms with E-state index in [0.717, 1.165) is 18.2 Å². The molecule has 1 heterocycles. The summed E-state index contributed by atoms with van der Waals surface area (Å²) in [6.45, 7) is 1.53. The van der Waals surface area contributed by atoms with Crippen molar-refractivity contribution < 1.29 is 17.3 Å². The van der Waals surface area contributed by atoms with Crippen LogP contribution in [-0.2, 0) is 10.0 Å². The van der Waals surface area contributed by atoms with Gasteiger partial charge in [0.15, 0.2) is 0 Å². The third-order valence-electron chi connectivity index (χ3n) is 1.95. The Labute approximate surface area is 110 Å². The largest absolute Gasteiger partial charge is 0.338 e. The second-order valence-corrected chi connectivity index (χ2v) is 5.86. The lowest BCUT2D eigenvalue weighted by Crippen LogP contribution is -2.14. The lowest BCUT2D eigenvalue weighted by atomic mass is 10.3. The molecule has 0 spiro atoms. The highest BCUT2D eigenvalue weighted by Crippen LogP contribution is 2.21. The molecule has 2 aromatic rings. The molecule has 1 aromatic heterocycles. The van der Waals surface area contributed by atoms with Gasteiger partial charge in [-0.05, 0) is 39.3 Å². The van der Waals surface area contributed by atoms with Crippen molar-refractivity contribution in [2.45, 2.75) is 11.8 Å². The van der Waals surface area contributed by atoms with Crippen LogP contribution in [0.25, 0.3) is 0 Å². The van der Waals surface area contributed by atoms with Crippen molar-refractivity contribution in [1.29, 1.82) is 0 Å². The van der Waals surface area contributed by atoms with Gasteiger partial charge in [0.05, 0.1) is 9.37 Å². The maximum atomic E-state index is 13.0. The molecule has 0 bridgehead atoms. The second kappa shape index (κ2) is 4.65. The molecule has 0 aliphatic rings. The maximum Gasteiger partial charge on any atom is 0.277 e. The molecule has 0 aliphatic carbocycles. The molecule has 0 amide bonds. The highest BCUT2D eigenvalue weighted by molar-refractivity contribution is 9.10. The minimum atomic E-state index is -3.87. The van der Waals surface area contributed by atoms with Gasteiger partial charge in [0, 0.05) is 6.92 Å². The molecule has 0 fully saturated rings. The molecule has 0 unspecified atom stereocenters. The average molecular weight is 336 g/mol. The van der Waals surface area contributed by atoms with E-state index in [9.17, 15) is 12.8 Å². The summed E-state index contributed by atoms with van der Waals surface area (Å²) in [7, 11) is -3.87. The fraction of sp³-hybridized carbons (Fsp3) is 0.111. The molecule has 1 aromatic carbocycles. The topological polar surface area (TPSA) is 85.1 Å². The molecular formula is C9H7BrFN3O3S. The fourth-order valence-corrected chi connectivity index (χ4v) is 2.66. The third kappa shape index (κ3) is 2.67. The van der Waals surface area contributed by atoms with Crippen molar-refractivity contribution in [3.63, 3.8) is 0 Å². The minimum Gasteiger partial charge on any atom is -0.338 e. The normalized spacial score (nSPS) is 11.5. The van der Waals surface area contributed by atoms with Crippen LogP contribution in [0.15, 0.2) is 32.1 Å². The highest BCUT2D eigenvalue weighted by atomic mass is 79.9. The van der Waals surface area contributed by atoms with E-state index >= 15 is 0 Å². The van der Waals surface area contributed by atoms with Gasteiger partial charge in [-0.1, -0.05) is 0 Å². The van der Waals surface area contributed by atoms with Gasteiger partial charge in [-0.2, -0.15) is 4.98 Å². The van der Waals surface area contributed by atoms with Gasteiger partial charge in [-0.3, -0.25) is 0 Å². The van der Waals surface area contributed by atoms with E-state index < -0.39 is 15.8 Å². The van der Waals surface area contributed by atoms with Crippen LogP contribution in [0.2, 0.25) is 0 Å². The summed E-state index contributed by atoms with van der Waals surface area (Å²) in [6.07, 6.45) is 0. The van der Waals surface area contributed by atoms with E-state index in [-0.39, 0.29) is 21.2 Å². The Morgan fingerprint density at radius 3 is 2.72 bits per heavy atom.